The van der Waals surface area contributed by atoms with E-state index in [1.54, 1.807) is 0 Å². The van der Waals surface area contributed by atoms with E-state index in [0.717, 1.165) is 30.8 Å². The Bertz CT molecular complexity index is 1090. The summed E-state index contributed by atoms with van der Waals surface area (Å²) in [6.45, 7) is 4.37. The molecule has 0 aromatic heterocycles. The number of rotatable bonds is 5. The molecule has 0 saturated carbocycles. The summed E-state index contributed by atoms with van der Waals surface area (Å²) in [6, 6.07) is 23.8. The molecule has 2 aliphatic heterocycles. The van der Waals surface area contributed by atoms with E-state index in [4.69, 9.17) is 5.73 Å². The van der Waals surface area contributed by atoms with Crippen molar-refractivity contribution in [3.8, 4) is 11.1 Å². The highest BCUT2D eigenvalue weighted by Crippen LogP contribution is 2.31. The van der Waals surface area contributed by atoms with Crippen LogP contribution in [0.2, 0.25) is 0 Å². The Balaban J connectivity index is 1.21. The highest BCUT2D eigenvalue weighted by molar-refractivity contribution is 6.06. The Morgan fingerprint density at radius 1 is 0.939 bits per heavy atom. The van der Waals surface area contributed by atoms with Crippen molar-refractivity contribution in [3.63, 3.8) is 0 Å². The summed E-state index contributed by atoms with van der Waals surface area (Å²) in [5.74, 6) is -0.148. The van der Waals surface area contributed by atoms with Gasteiger partial charge in [0.25, 0.3) is 5.91 Å². The van der Waals surface area contributed by atoms with Crippen molar-refractivity contribution in [2.75, 3.05) is 30.7 Å². The molecule has 3 aromatic rings. The number of carbonyl (C=O) groups excluding carboxylic acids is 1. The second-order valence-corrected chi connectivity index (χ2v) is 9.41. The van der Waals surface area contributed by atoms with Gasteiger partial charge in [0.2, 0.25) is 0 Å². The number of piperidine rings is 1. The Hall–Kier alpha value is -3.15. The Morgan fingerprint density at radius 3 is 2.39 bits per heavy atom. The van der Waals surface area contributed by atoms with E-state index in [-0.39, 0.29) is 5.91 Å². The summed E-state index contributed by atoms with van der Waals surface area (Å²) >= 11 is 0. The van der Waals surface area contributed by atoms with Crippen LogP contribution in [0.1, 0.15) is 41.6 Å². The Labute approximate surface area is 196 Å². The fraction of sp³-hybridized carbons (Fsp3) is 0.321. The van der Waals surface area contributed by atoms with Gasteiger partial charge in [-0.15, -0.1) is 0 Å². The predicted molar refractivity (Wildman–Crippen MR) is 135 cm³/mol. The minimum Gasteiger partial charge on any atom is -0.397 e. The number of hydrogen-bond donors (Lipinski definition) is 3. The van der Waals surface area contributed by atoms with Crippen molar-refractivity contribution in [1.82, 2.24) is 10.2 Å². The van der Waals surface area contributed by atoms with Gasteiger partial charge in [-0.25, -0.2) is 0 Å². The van der Waals surface area contributed by atoms with Crippen LogP contribution in [-0.4, -0.2) is 36.0 Å². The lowest BCUT2D eigenvalue weighted by atomic mass is 9.86. The van der Waals surface area contributed by atoms with E-state index >= 15 is 0 Å². The van der Waals surface area contributed by atoms with Crippen LogP contribution in [0.4, 0.5) is 11.4 Å². The zero-order valence-corrected chi connectivity index (χ0v) is 19.0. The highest BCUT2D eigenvalue weighted by Gasteiger charge is 2.36. The summed E-state index contributed by atoms with van der Waals surface area (Å²) in [6.07, 6.45) is 5.10. The summed E-state index contributed by atoms with van der Waals surface area (Å²) in [7, 11) is 0. The second-order valence-electron chi connectivity index (χ2n) is 9.41. The molecular weight excluding hydrogens is 408 g/mol. The van der Waals surface area contributed by atoms with E-state index in [2.05, 4.69) is 27.7 Å². The van der Waals surface area contributed by atoms with Crippen molar-refractivity contribution < 1.29 is 4.79 Å². The topological polar surface area (TPSA) is 70.4 Å². The third-order valence-corrected chi connectivity index (χ3v) is 7.18. The van der Waals surface area contributed by atoms with Gasteiger partial charge in [0, 0.05) is 30.7 Å². The maximum Gasteiger partial charge on any atom is 0.255 e. The summed E-state index contributed by atoms with van der Waals surface area (Å²) in [5, 5.41) is 6.72. The van der Waals surface area contributed by atoms with Crippen LogP contribution in [0.25, 0.3) is 11.1 Å². The number of carbonyl (C=O) groups is 1. The second kappa shape index (κ2) is 9.38. The quantitative estimate of drug-likeness (QED) is 0.493. The van der Waals surface area contributed by atoms with E-state index in [0.29, 0.717) is 22.5 Å². The molecule has 2 fully saturated rings. The first-order valence-electron chi connectivity index (χ1n) is 11.9. The highest BCUT2D eigenvalue weighted by atomic mass is 16.1. The van der Waals surface area contributed by atoms with Crippen molar-refractivity contribution in [1.29, 1.82) is 0 Å². The van der Waals surface area contributed by atoms with Crippen LogP contribution in [0.3, 0.4) is 0 Å². The molecule has 1 amide bonds. The van der Waals surface area contributed by atoms with E-state index in [1.807, 2.05) is 60.7 Å². The van der Waals surface area contributed by atoms with Gasteiger partial charge in [0.1, 0.15) is 0 Å². The van der Waals surface area contributed by atoms with Gasteiger partial charge in [0.15, 0.2) is 0 Å². The van der Waals surface area contributed by atoms with Gasteiger partial charge < -0.3 is 16.4 Å². The molecule has 2 aliphatic rings. The number of nitrogens with one attached hydrogen (secondary N) is 2. The molecule has 0 bridgehead atoms. The Kier molecular flexibility index (Phi) is 6.16. The molecule has 33 heavy (non-hydrogen) atoms. The molecular formula is C28H32N4O. The average Bonchev–Trinajstić information content (AvgIpc) is 3.31. The number of amides is 1. The van der Waals surface area contributed by atoms with Crippen LogP contribution >= 0.6 is 0 Å². The molecule has 1 spiro atoms. The standard InChI is InChI=1S/C28H32N4O/c29-25-12-11-24(22-5-2-1-3-6-22)19-26(25)31-27(33)23-9-7-21(8-10-23)20-32-17-14-28(15-18-32)13-4-16-30-28/h1-3,5-12,19,30H,4,13-18,20,29H2,(H,31,33). The summed E-state index contributed by atoms with van der Waals surface area (Å²) < 4.78 is 0. The lowest BCUT2D eigenvalue weighted by Gasteiger charge is -2.39. The van der Waals surface area contributed by atoms with Crippen LogP contribution in [0.5, 0.6) is 0 Å². The first-order chi connectivity index (χ1) is 16.1. The number of nitrogens with zero attached hydrogens (tertiary/aromatic N) is 1. The average molecular weight is 441 g/mol. The first-order valence-corrected chi connectivity index (χ1v) is 11.9. The number of benzene rings is 3. The molecule has 2 heterocycles. The summed E-state index contributed by atoms with van der Waals surface area (Å²) in [5.41, 5.74) is 11.7. The fourth-order valence-corrected chi connectivity index (χ4v) is 5.12. The zero-order chi connectivity index (χ0) is 22.7. The van der Waals surface area contributed by atoms with Crippen molar-refractivity contribution in [2.24, 2.45) is 0 Å². The smallest absolute Gasteiger partial charge is 0.255 e. The van der Waals surface area contributed by atoms with Gasteiger partial charge in [-0.2, -0.15) is 0 Å². The maximum atomic E-state index is 12.9. The maximum absolute atomic E-state index is 12.9. The minimum absolute atomic E-state index is 0.148. The third-order valence-electron chi connectivity index (χ3n) is 7.18. The number of hydrogen-bond acceptors (Lipinski definition) is 4. The van der Waals surface area contributed by atoms with Crippen LogP contribution in [0.15, 0.2) is 72.8 Å². The monoisotopic (exact) mass is 440 g/mol. The van der Waals surface area contributed by atoms with Gasteiger partial charge in [-0.3, -0.25) is 9.69 Å². The molecule has 0 radical (unpaired) electrons. The first kappa shape index (κ1) is 21.7. The van der Waals surface area contributed by atoms with E-state index < -0.39 is 0 Å². The molecule has 0 atom stereocenters. The van der Waals surface area contributed by atoms with Crippen LogP contribution in [-0.2, 0) is 6.54 Å². The number of nitrogens with two attached hydrogens (primary N) is 1. The summed E-state index contributed by atoms with van der Waals surface area (Å²) in [4.78, 5) is 15.4. The predicted octanol–water partition coefficient (Wildman–Crippen LogP) is 4.91. The van der Waals surface area contributed by atoms with Crippen LogP contribution in [0, 0.1) is 0 Å². The van der Waals surface area contributed by atoms with Gasteiger partial charge in [0.05, 0.1) is 11.4 Å². The fourth-order valence-electron chi connectivity index (χ4n) is 5.12. The van der Waals surface area contributed by atoms with Crippen molar-refractivity contribution in [3.05, 3.63) is 83.9 Å². The zero-order valence-electron chi connectivity index (χ0n) is 19.0. The van der Waals surface area contributed by atoms with Crippen LogP contribution < -0.4 is 16.4 Å². The largest absolute Gasteiger partial charge is 0.397 e. The van der Waals surface area contributed by atoms with Gasteiger partial charge >= 0.3 is 0 Å². The normalized spacial score (nSPS) is 17.8. The van der Waals surface area contributed by atoms with Crippen molar-refractivity contribution in [2.45, 2.75) is 37.8 Å². The minimum atomic E-state index is -0.148. The Morgan fingerprint density at radius 2 is 1.70 bits per heavy atom. The lowest BCUT2D eigenvalue weighted by molar-refractivity contribution is 0.102. The molecule has 3 aromatic carbocycles. The molecule has 170 valence electrons. The number of anilines is 2. The molecule has 5 heteroatoms. The lowest BCUT2D eigenvalue weighted by Crippen LogP contribution is -2.49. The molecule has 4 N–H and O–H groups in total. The number of likely N-dealkylation sites (tertiary alicyclic amines) is 1. The van der Waals surface area contributed by atoms with Crippen molar-refractivity contribution >= 4 is 17.3 Å². The van der Waals surface area contributed by atoms with Gasteiger partial charge in [-0.05, 0) is 73.2 Å². The third kappa shape index (κ3) is 4.95. The molecule has 2 saturated heterocycles. The molecule has 0 unspecified atom stereocenters. The molecule has 5 rings (SSSR count). The molecule has 5 nitrogen and oxygen atoms in total. The SMILES string of the molecule is Nc1ccc(-c2ccccc2)cc1NC(=O)c1ccc(CN2CCC3(CCCN3)CC2)cc1. The van der Waals surface area contributed by atoms with E-state index in [9.17, 15) is 4.79 Å². The van der Waals surface area contributed by atoms with Gasteiger partial charge in [-0.1, -0.05) is 48.5 Å². The molecule has 0 aliphatic carbocycles. The van der Waals surface area contributed by atoms with E-state index in [1.165, 1.54) is 37.8 Å². The number of nitrogen functional groups attached to an aromatic ring is 1.